The molecular weight excluding hydrogens is 278 g/mol. The molecule has 2 aromatic heterocycles. The molecule has 0 aliphatic carbocycles. The topological polar surface area (TPSA) is 72.7 Å². The quantitative estimate of drug-likeness (QED) is 0.799. The van der Waals surface area contributed by atoms with Crippen molar-refractivity contribution in [2.24, 2.45) is 7.05 Å². The van der Waals surface area contributed by atoms with Crippen LogP contribution in [0.1, 0.15) is 5.56 Å². The minimum Gasteiger partial charge on any atom is -0.310 e. The van der Waals surface area contributed by atoms with Crippen LogP contribution in [0.3, 0.4) is 0 Å². The van der Waals surface area contributed by atoms with E-state index in [9.17, 15) is 4.79 Å². The van der Waals surface area contributed by atoms with Crippen molar-refractivity contribution in [2.75, 3.05) is 5.32 Å². The fraction of sp³-hybridized carbons (Fsp3) is 0.125. The molecule has 0 unspecified atom stereocenters. The first kappa shape index (κ1) is 13.9. The Morgan fingerprint density at radius 3 is 2.64 bits per heavy atom. The fourth-order valence-electron chi connectivity index (χ4n) is 2.07. The molecule has 1 aromatic carbocycles. The van der Waals surface area contributed by atoms with E-state index in [0.717, 1.165) is 16.8 Å². The predicted octanol–water partition coefficient (Wildman–Crippen LogP) is 2.06. The predicted molar refractivity (Wildman–Crippen MR) is 83.0 cm³/mol. The van der Waals surface area contributed by atoms with Crippen LogP contribution < -0.4 is 5.32 Å². The number of aromatic nitrogens is 4. The number of benzene rings is 1. The van der Waals surface area contributed by atoms with E-state index in [1.807, 2.05) is 49.6 Å². The van der Waals surface area contributed by atoms with Crippen LogP contribution in [0, 0.1) is 0 Å². The van der Waals surface area contributed by atoms with E-state index in [0.29, 0.717) is 12.2 Å². The standard InChI is InChI=1S/C16H15N5O/c1-21-11-14(19-20-21)13-7-8-15(17-10-13)18-16(22)9-12-5-3-2-4-6-12/h2-8,10-11H,9H2,1H3,(H,17,18,22). The molecule has 2 heterocycles. The minimum absolute atomic E-state index is 0.0917. The molecule has 0 saturated carbocycles. The third-order valence-corrected chi connectivity index (χ3v) is 3.14. The highest BCUT2D eigenvalue weighted by molar-refractivity contribution is 5.91. The molecule has 3 rings (SSSR count). The summed E-state index contributed by atoms with van der Waals surface area (Å²) in [4.78, 5) is 16.2. The number of nitrogens with zero attached hydrogens (tertiary/aromatic N) is 4. The van der Waals surface area contributed by atoms with Crippen molar-refractivity contribution in [1.82, 2.24) is 20.0 Å². The monoisotopic (exact) mass is 293 g/mol. The van der Waals surface area contributed by atoms with Crippen LogP contribution in [-0.2, 0) is 18.3 Å². The Morgan fingerprint density at radius 2 is 2.00 bits per heavy atom. The summed E-state index contributed by atoms with van der Waals surface area (Å²) in [6, 6.07) is 13.2. The minimum atomic E-state index is -0.0917. The Kier molecular flexibility index (Phi) is 3.91. The maximum Gasteiger partial charge on any atom is 0.229 e. The molecule has 22 heavy (non-hydrogen) atoms. The molecule has 1 amide bonds. The first-order chi connectivity index (χ1) is 10.7. The van der Waals surface area contributed by atoms with Gasteiger partial charge in [0.1, 0.15) is 11.5 Å². The zero-order valence-corrected chi connectivity index (χ0v) is 12.1. The van der Waals surface area contributed by atoms with Gasteiger partial charge in [0.2, 0.25) is 5.91 Å². The molecular formula is C16H15N5O. The summed E-state index contributed by atoms with van der Waals surface area (Å²) in [6.45, 7) is 0. The highest BCUT2D eigenvalue weighted by Crippen LogP contribution is 2.16. The normalized spacial score (nSPS) is 10.4. The summed E-state index contributed by atoms with van der Waals surface area (Å²) in [7, 11) is 1.81. The van der Waals surface area contributed by atoms with Crippen LogP contribution >= 0.6 is 0 Å². The lowest BCUT2D eigenvalue weighted by molar-refractivity contribution is -0.115. The second-order valence-electron chi connectivity index (χ2n) is 4.92. The summed E-state index contributed by atoms with van der Waals surface area (Å²) in [6.07, 6.45) is 3.81. The number of aryl methyl sites for hydroxylation is 1. The second kappa shape index (κ2) is 6.17. The third-order valence-electron chi connectivity index (χ3n) is 3.14. The summed E-state index contributed by atoms with van der Waals surface area (Å²) in [5.41, 5.74) is 2.57. The van der Waals surface area contributed by atoms with E-state index in [-0.39, 0.29) is 5.91 Å². The molecule has 0 radical (unpaired) electrons. The van der Waals surface area contributed by atoms with Crippen LogP contribution in [0.15, 0.2) is 54.9 Å². The number of rotatable bonds is 4. The SMILES string of the molecule is Cn1cc(-c2ccc(NC(=O)Cc3ccccc3)nc2)nn1. The molecule has 0 atom stereocenters. The average molecular weight is 293 g/mol. The van der Waals surface area contributed by atoms with Gasteiger partial charge in [0.15, 0.2) is 0 Å². The van der Waals surface area contributed by atoms with Crippen molar-refractivity contribution in [3.63, 3.8) is 0 Å². The van der Waals surface area contributed by atoms with E-state index >= 15 is 0 Å². The fourth-order valence-corrected chi connectivity index (χ4v) is 2.07. The molecule has 6 heteroatoms. The van der Waals surface area contributed by atoms with Crippen molar-refractivity contribution in [3.8, 4) is 11.3 Å². The number of nitrogens with one attached hydrogen (secondary N) is 1. The van der Waals surface area contributed by atoms with Gasteiger partial charge in [0.05, 0.1) is 12.6 Å². The smallest absolute Gasteiger partial charge is 0.229 e. The largest absolute Gasteiger partial charge is 0.310 e. The van der Waals surface area contributed by atoms with Gasteiger partial charge in [0, 0.05) is 18.8 Å². The Hall–Kier alpha value is -3.02. The van der Waals surface area contributed by atoms with Crippen molar-refractivity contribution in [1.29, 1.82) is 0 Å². The molecule has 1 N–H and O–H groups in total. The maximum atomic E-state index is 12.0. The van der Waals surface area contributed by atoms with Crippen molar-refractivity contribution in [2.45, 2.75) is 6.42 Å². The van der Waals surface area contributed by atoms with Gasteiger partial charge in [-0.2, -0.15) is 0 Å². The zero-order chi connectivity index (χ0) is 15.4. The molecule has 0 aliphatic rings. The highest BCUT2D eigenvalue weighted by Gasteiger charge is 2.06. The Bertz CT molecular complexity index is 765. The lowest BCUT2D eigenvalue weighted by Crippen LogP contribution is -2.15. The van der Waals surface area contributed by atoms with E-state index < -0.39 is 0 Å². The molecule has 3 aromatic rings. The van der Waals surface area contributed by atoms with Crippen LogP contribution in [0.5, 0.6) is 0 Å². The van der Waals surface area contributed by atoms with Gasteiger partial charge in [0.25, 0.3) is 0 Å². The Morgan fingerprint density at radius 1 is 1.18 bits per heavy atom. The summed E-state index contributed by atoms with van der Waals surface area (Å²) in [5, 5.41) is 10.7. The molecule has 110 valence electrons. The Balaban J connectivity index is 1.65. The van der Waals surface area contributed by atoms with E-state index in [1.54, 1.807) is 16.9 Å². The van der Waals surface area contributed by atoms with Gasteiger partial charge in [-0.25, -0.2) is 4.98 Å². The van der Waals surface area contributed by atoms with Gasteiger partial charge in [-0.1, -0.05) is 35.5 Å². The van der Waals surface area contributed by atoms with Crippen molar-refractivity contribution >= 4 is 11.7 Å². The van der Waals surface area contributed by atoms with Crippen LogP contribution in [0.4, 0.5) is 5.82 Å². The molecule has 0 fully saturated rings. The van der Waals surface area contributed by atoms with Gasteiger partial charge < -0.3 is 5.32 Å². The number of carbonyl (C=O) groups is 1. The van der Waals surface area contributed by atoms with Gasteiger partial charge in [-0.05, 0) is 17.7 Å². The molecule has 0 saturated heterocycles. The zero-order valence-electron chi connectivity index (χ0n) is 12.1. The van der Waals surface area contributed by atoms with E-state index in [2.05, 4.69) is 20.6 Å². The van der Waals surface area contributed by atoms with Gasteiger partial charge >= 0.3 is 0 Å². The summed E-state index contributed by atoms with van der Waals surface area (Å²) >= 11 is 0. The lowest BCUT2D eigenvalue weighted by Gasteiger charge is -2.05. The summed E-state index contributed by atoms with van der Waals surface area (Å²) < 4.78 is 1.63. The number of anilines is 1. The van der Waals surface area contributed by atoms with E-state index in [1.165, 1.54) is 0 Å². The first-order valence-corrected chi connectivity index (χ1v) is 6.87. The van der Waals surface area contributed by atoms with Crippen LogP contribution in [-0.4, -0.2) is 25.9 Å². The molecule has 0 spiro atoms. The first-order valence-electron chi connectivity index (χ1n) is 6.87. The van der Waals surface area contributed by atoms with Crippen LogP contribution in [0.25, 0.3) is 11.3 Å². The number of amides is 1. The molecule has 0 bridgehead atoms. The number of hydrogen-bond donors (Lipinski definition) is 1. The number of pyridine rings is 1. The average Bonchev–Trinajstić information content (AvgIpc) is 2.95. The van der Waals surface area contributed by atoms with E-state index in [4.69, 9.17) is 0 Å². The van der Waals surface area contributed by atoms with Crippen LogP contribution in [0.2, 0.25) is 0 Å². The number of hydrogen-bond acceptors (Lipinski definition) is 4. The second-order valence-corrected chi connectivity index (χ2v) is 4.92. The van der Waals surface area contributed by atoms with Gasteiger partial charge in [-0.3, -0.25) is 9.48 Å². The highest BCUT2D eigenvalue weighted by atomic mass is 16.1. The maximum absolute atomic E-state index is 12.0. The van der Waals surface area contributed by atoms with Gasteiger partial charge in [-0.15, -0.1) is 5.10 Å². The summed E-state index contributed by atoms with van der Waals surface area (Å²) in [5.74, 6) is 0.430. The Labute approximate surface area is 127 Å². The molecule has 6 nitrogen and oxygen atoms in total. The molecule has 0 aliphatic heterocycles. The third kappa shape index (κ3) is 3.35. The number of carbonyl (C=O) groups excluding carboxylic acids is 1. The van der Waals surface area contributed by atoms with Crippen molar-refractivity contribution < 1.29 is 4.79 Å². The lowest BCUT2D eigenvalue weighted by atomic mass is 10.1. The van der Waals surface area contributed by atoms with Crippen molar-refractivity contribution in [3.05, 3.63) is 60.4 Å².